The molecule has 1 nitrogen and oxygen atoms in total. The quantitative estimate of drug-likeness (QED) is 0.522. The average Bonchev–Trinajstić information content (AvgIpc) is 2.01. The van der Waals surface area contributed by atoms with E-state index in [1.807, 2.05) is 6.08 Å². The zero-order valence-corrected chi connectivity index (χ0v) is 9.05. The van der Waals surface area contributed by atoms with Crippen molar-refractivity contribution in [1.82, 2.24) is 0 Å². The van der Waals surface area contributed by atoms with E-state index in [1.165, 1.54) is 17.3 Å². The van der Waals surface area contributed by atoms with Crippen molar-refractivity contribution in [1.29, 1.82) is 0 Å². The van der Waals surface area contributed by atoms with E-state index in [2.05, 4.69) is 6.92 Å². The molecule has 0 saturated carbocycles. The van der Waals surface area contributed by atoms with Gasteiger partial charge in [-0.05, 0) is 0 Å². The molecule has 0 aliphatic carbocycles. The molecular formula is C8H16OTe. The SMILES string of the molecule is [2H]/C(=C/COC)[Te]CCCC. The first-order valence-corrected chi connectivity index (χ1v) is 6.41. The van der Waals surface area contributed by atoms with E-state index in [0.29, 0.717) is 6.61 Å². The Morgan fingerprint density at radius 1 is 1.70 bits per heavy atom. The summed E-state index contributed by atoms with van der Waals surface area (Å²) in [4.78, 5) is 0. The van der Waals surface area contributed by atoms with Gasteiger partial charge in [-0.25, -0.2) is 0 Å². The molecule has 0 rings (SSSR count). The summed E-state index contributed by atoms with van der Waals surface area (Å²) in [5.74, 6) is 0. The van der Waals surface area contributed by atoms with E-state index in [0.717, 1.165) is 4.10 Å². The summed E-state index contributed by atoms with van der Waals surface area (Å²) in [5, 5.41) is 0. The molecule has 60 valence electrons. The summed E-state index contributed by atoms with van der Waals surface area (Å²) in [7, 11) is 1.66. The summed E-state index contributed by atoms with van der Waals surface area (Å²) >= 11 is -0.174. The van der Waals surface area contributed by atoms with Gasteiger partial charge in [-0.15, -0.1) is 0 Å². The summed E-state index contributed by atoms with van der Waals surface area (Å²) in [6, 6.07) is 0. The van der Waals surface area contributed by atoms with Crippen molar-refractivity contribution in [2.24, 2.45) is 0 Å². The molecule has 0 aromatic heterocycles. The van der Waals surface area contributed by atoms with Crippen molar-refractivity contribution in [2.75, 3.05) is 13.7 Å². The monoisotopic (exact) mass is 259 g/mol. The molecule has 10 heavy (non-hydrogen) atoms. The molecule has 0 N–H and O–H groups in total. The molecule has 0 aromatic carbocycles. The Labute approximate surface area is 75.3 Å². The molecule has 0 amide bonds. The molecule has 0 atom stereocenters. The number of unbranched alkanes of at least 4 members (excludes halogenated alkanes) is 1. The van der Waals surface area contributed by atoms with Crippen LogP contribution in [-0.4, -0.2) is 34.6 Å². The number of hydrogen-bond acceptors (Lipinski definition) is 1. The Morgan fingerprint density at radius 3 is 3.10 bits per heavy atom. The summed E-state index contributed by atoms with van der Waals surface area (Å²) < 4.78 is 14.4. The second-order valence-corrected chi connectivity index (χ2v) is 4.64. The summed E-state index contributed by atoms with van der Waals surface area (Å²) in [5.41, 5.74) is 0. The van der Waals surface area contributed by atoms with Crippen molar-refractivity contribution < 1.29 is 6.11 Å². The van der Waals surface area contributed by atoms with Gasteiger partial charge in [0.15, 0.2) is 0 Å². The number of methoxy groups -OCH3 is 1. The van der Waals surface area contributed by atoms with Gasteiger partial charge in [0.1, 0.15) is 0 Å². The van der Waals surface area contributed by atoms with Gasteiger partial charge in [-0.1, -0.05) is 0 Å². The van der Waals surface area contributed by atoms with E-state index in [9.17, 15) is 0 Å². The molecule has 0 spiro atoms. The number of hydrogen-bond donors (Lipinski definition) is 0. The fraction of sp³-hybridized carbons (Fsp3) is 0.750. The minimum atomic E-state index is -0.174. The Bertz CT molecular complexity index is 115. The van der Waals surface area contributed by atoms with Crippen LogP contribution in [0.2, 0.25) is 4.47 Å². The molecule has 0 aromatic rings. The third-order valence-corrected chi connectivity index (χ3v) is 3.37. The standard InChI is InChI=1S/C8H16OTe/c1-3-4-7-10-8-5-6-9-2/h5,8H,3-4,6-7H2,1-2H3/b8-5-/i8D. The van der Waals surface area contributed by atoms with E-state index in [-0.39, 0.29) is 20.9 Å². The second-order valence-electron chi connectivity index (χ2n) is 1.98. The van der Waals surface area contributed by atoms with Gasteiger partial charge in [-0.2, -0.15) is 0 Å². The first-order valence-electron chi connectivity index (χ1n) is 4.09. The van der Waals surface area contributed by atoms with Crippen LogP contribution < -0.4 is 0 Å². The molecule has 0 unspecified atom stereocenters. The van der Waals surface area contributed by atoms with Crippen molar-refractivity contribution in [2.45, 2.75) is 24.2 Å². The van der Waals surface area contributed by atoms with Crippen LogP contribution in [0.25, 0.3) is 0 Å². The molecule has 0 bridgehead atoms. The van der Waals surface area contributed by atoms with Crippen LogP contribution in [0, 0.1) is 0 Å². The topological polar surface area (TPSA) is 9.23 Å². The van der Waals surface area contributed by atoms with Gasteiger partial charge < -0.3 is 0 Å². The zero-order valence-electron chi connectivity index (χ0n) is 7.72. The molecule has 0 fully saturated rings. The normalized spacial score (nSPS) is 13.4. The first kappa shape index (κ1) is 8.58. The van der Waals surface area contributed by atoms with Crippen LogP contribution >= 0.6 is 0 Å². The molecule has 0 heterocycles. The Kier molecular flexibility index (Phi) is 8.15. The maximum atomic E-state index is 7.49. The fourth-order valence-electron chi connectivity index (χ4n) is 0.452. The third kappa shape index (κ3) is 8.49. The molecule has 2 heteroatoms. The van der Waals surface area contributed by atoms with Gasteiger partial charge in [0.2, 0.25) is 0 Å². The molecule has 0 aliphatic rings. The Morgan fingerprint density at radius 2 is 2.50 bits per heavy atom. The maximum absolute atomic E-state index is 7.49. The van der Waals surface area contributed by atoms with E-state index >= 15 is 0 Å². The van der Waals surface area contributed by atoms with E-state index in [4.69, 9.17) is 6.11 Å². The molecule has 0 aliphatic heterocycles. The van der Waals surface area contributed by atoms with Crippen molar-refractivity contribution >= 4 is 20.9 Å². The Balaban J connectivity index is 3.27. The Hall–Kier alpha value is 0.490. The summed E-state index contributed by atoms with van der Waals surface area (Å²) in [6.07, 6.45) is 4.42. The van der Waals surface area contributed by atoms with Crippen LogP contribution in [0.4, 0.5) is 0 Å². The number of ether oxygens (including phenoxy) is 1. The summed E-state index contributed by atoms with van der Waals surface area (Å²) in [6.45, 7) is 2.80. The van der Waals surface area contributed by atoms with Crippen molar-refractivity contribution in [3.05, 3.63) is 10.2 Å². The van der Waals surface area contributed by atoms with Crippen LogP contribution in [-0.2, 0) is 4.74 Å². The van der Waals surface area contributed by atoms with Gasteiger partial charge in [0.05, 0.1) is 0 Å². The van der Waals surface area contributed by atoms with Gasteiger partial charge in [0.25, 0.3) is 0 Å². The predicted molar refractivity (Wildman–Crippen MR) is 46.5 cm³/mol. The van der Waals surface area contributed by atoms with Gasteiger partial charge in [-0.3, -0.25) is 0 Å². The van der Waals surface area contributed by atoms with E-state index in [1.54, 1.807) is 7.11 Å². The first-order chi connectivity index (χ1) is 5.31. The molecule has 0 radical (unpaired) electrons. The van der Waals surface area contributed by atoms with Crippen molar-refractivity contribution in [3.8, 4) is 0 Å². The van der Waals surface area contributed by atoms with Crippen LogP contribution in [0.3, 0.4) is 0 Å². The molecule has 0 saturated heterocycles. The predicted octanol–water partition coefficient (Wildman–Crippen LogP) is 2.07. The molecular weight excluding hydrogens is 240 g/mol. The van der Waals surface area contributed by atoms with Crippen LogP contribution in [0.5, 0.6) is 0 Å². The van der Waals surface area contributed by atoms with E-state index < -0.39 is 0 Å². The van der Waals surface area contributed by atoms with Gasteiger partial charge in [0, 0.05) is 0 Å². The zero-order chi connectivity index (χ0) is 8.53. The third-order valence-electron chi connectivity index (χ3n) is 1.02. The van der Waals surface area contributed by atoms with Crippen LogP contribution in [0.15, 0.2) is 10.2 Å². The van der Waals surface area contributed by atoms with Crippen LogP contribution in [0.1, 0.15) is 21.1 Å². The van der Waals surface area contributed by atoms with Crippen molar-refractivity contribution in [3.63, 3.8) is 0 Å². The van der Waals surface area contributed by atoms with Gasteiger partial charge >= 0.3 is 75.2 Å². The fourth-order valence-corrected chi connectivity index (χ4v) is 2.55. The second kappa shape index (κ2) is 9.49. The minimum absolute atomic E-state index is 0.174. The number of rotatable bonds is 6. The average molecular weight is 257 g/mol.